The van der Waals surface area contributed by atoms with Crippen LogP contribution in [-0.4, -0.2) is 38.1 Å². The smallest absolute Gasteiger partial charge is 0.231 e. The number of nitrogens with one attached hydrogen (secondary N) is 1. The minimum Gasteiger partial charge on any atom is -0.371 e. The van der Waals surface area contributed by atoms with Crippen molar-refractivity contribution in [2.45, 2.75) is 38.1 Å². The van der Waals surface area contributed by atoms with E-state index in [1.54, 1.807) is 0 Å². The number of benzene rings is 1. The van der Waals surface area contributed by atoms with Crippen molar-refractivity contribution in [2.24, 2.45) is 0 Å². The molecule has 0 aliphatic carbocycles. The molecule has 2 saturated heterocycles. The largest absolute Gasteiger partial charge is 0.371 e. The van der Waals surface area contributed by atoms with E-state index in [1.807, 2.05) is 0 Å². The highest BCUT2D eigenvalue weighted by Gasteiger charge is 2.34. The first-order valence-corrected chi connectivity index (χ1v) is 8.23. The fraction of sp³-hybridized carbons (Fsp3) is 0.588. The van der Waals surface area contributed by atoms with Gasteiger partial charge in [0.2, 0.25) is 5.91 Å². The first-order valence-electron chi connectivity index (χ1n) is 8.23. The second-order valence-corrected chi connectivity index (χ2v) is 6.43. The first kappa shape index (κ1) is 15.6. The number of nitrogens with zero attached hydrogens (tertiary/aromatic N) is 2. The zero-order chi connectivity index (χ0) is 14.2. The zero-order valence-corrected chi connectivity index (χ0v) is 13.7. The highest BCUT2D eigenvalue weighted by molar-refractivity contribution is 6.02. The molecule has 1 N–H and O–H groups in total. The molecule has 0 unspecified atom stereocenters. The van der Waals surface area contributed by atoms with Gasteiger partial charge >= 0.3 is 0 Å². The Hall–Kier alpha value is -1.26. The van der Waals surface area contributed by atoms with E-state index in [-0.39, 0.29) is 18.3 Å². The lowest BCUT2D eigenvalue weighted by Crippen LogP contribution is -2.44. The van der Waals surface area contributed by atoms with Gasteiger partial charge in [-0.2, -0.15) is 0 Å². The summed E-state index contributed by atoms with van der Waals surface area (Å²) >= 11 is 0. The van der Waals surface area contributed by atoms with Gasteiger partial charge in [-0.05, 0) is 56.5 Å². The second kappa shape index (κ2) is 6.47. The molecule has 0 saturated carbocycles. The van der Waals surface area contributed by atoms with Crippen molar-refractivity contribution in [1.29, 1.82) is 0 Å². The number of anilines is 2. The molecule has 5 heteroatoms. The molecule has 4 nitrogen and oxygen atoms in total. The van der Waals surface area contributed by atoms with Crippen molar-refractivity contribution in [3.8, 4) is 0 Å². The van der Waals surface area contributed by atoms with Gasteiger partial charge < -0.3 is 15.1 Å². The van der Waals surface area contributed by atoms with E-state index >= 15 is 0 Å². The van der Waals surface area contributed by atoms with Crippen LogP contribution >= 0.6 is 12.4 Å². The maximum Gasteiger partial charge on any atom is 0.231 e. The molecule has 1 amide bonds. The number of hydrogen-bond donors (Lipinski definition) is 1. The predicted molar refractivity (Wildman–Crippen MR) is 92.2 cm³/mol. The van der Waals surface area contributed by atoms with Gasteiger partial charge in [0.15, 0.2) is 0 Å². The highest BCUT2D eigenvalue weighted by atomic mass is 35.5. The molecule has 2 fully saturated rings. The van der Waals surface area contributed by atoms with Crippen molar-refractivity contribution in [1.82, 2.24) is 5.32 Å². The van der Waals surface area contributed by atoms with Crippen LogP contribution in [0.15, 0.2) is 18.2 Å². The third-order valence-corrected chi connectivity index (χ3v) is 5.08. The highest BCUT2D eigenvalue weighted by Crippen LogP contribution is 2.36. The van der Waals surface area contributed by atoms with E-state index in [0.29, 0.717) is 12.5 Å². The lowest BCUT2D eigenvalue weighted by atomic mass is 10.0. The molecule has 0 spiro atoms. The molecule has 4 rings (SSSR count). The Balaban J connectivity index is 0.00000144. The number of hydrogen-bond acceptors (Lipinski definition) is 3. The molecule has 1 aromatic rings. The first-order chi connectivity index (χ1) is 10.3. The average molecular weight is 322 g/mol. The summed E-state index contributed by atoms with van der Waals surface area (Å²) in [6.45, 7) is 4.35. The van der Waals surface area contributed by atoms with E-state index in [0.717, 1.165) is 39.0 Å². The molecular formula is C17H24ClN3O. The lowest BCUT2D eigenvalue weighted by molar-refractivity contribution is -0.117. The van der Waals surface area contributed by atoms with Gasteiger partial charge in [0.1, 0.15) is 0 Å². The third-order valence-electron chi connectivity index (χ3n) is 5.08. The van der Waals surface area contributed by atoms with Crippen LogP contribution < -0.4 is 15.1 Å². The number of halogens is 1. The fourth-order valence-electron chi connectivity index (χ4n) is 3.95. The Kier molecular flexibility index (Phi) is 4.59. The Labute approximate surface area is 138 Å². The van der Waals surface area contributed by atoms with Crippen molar-refractivity contribution >= 4 is 29.7 Å². The number of amides is 1. The number of carbonyl (C=O) groups excluding carboxylic acids is 1. The van der Waals surface area contributed by atoms with Crippen molar-refractivity contribution < 1.29 is 4.79 Å². The predicted octanol–water partition coefficient (Wildman–Crippen LogP) is 2.35. The van der Waals surface area contributed by atoms with Crippen LogP contribution in [0.4, 0.5) is 11.4 Å². The van der Waals surface area contributed by atoms with Crippen LogP contribution in [0.5, 0.6) is 0 Å². The maximum absolute atomic E-state index is 12.5. The molecule has 0 radical (unpaired) electrons. The Morgan fingerprint density at radius 3 is 2.55 bits per heavy atom. The normalized spacial score (nSPS) is 21.9. The molecule has 22 heavy (non-hydrogen) atoms. The molecular weight excluding hydrogens is 298 g/mol. The van der Waals surface area contributed by atoms with Gasteiger partial charge in [0, 0.05) is 30.5 Å². The molecule has 3 heterocycles. The summed E-state index contributed by atoms with van der Waals surface area (Å²) in [6, 6.07) is 7.01. The molecule has 0 aromatic heterocycles. The summed E-state index contributed by atoms with van der Waals surface area (Å²) in [5, 5.41) is 3.39. The monoisotopic (exact) mass is 321 g/mol. The topological polar surface area (TPSA) is 35.6 Å². The van der Waals surface area contributed by atoms with Crippen LogP contribution in [-0.2, 0) is 11.2 Å². The SMILES string of the molecule is Cl.O=C1Cc2ccc(N3CCCC3)cc2N1C1CCNCC1. The van der Waals surface area contributed by atoms with Crippen LogP contribution in [0.2, 0.25) is 0 Å². The third kappa shape index (κ3) is 2.70. The standard InChI is InChI=1S/C17H23N3O.ClH/c21-17-11-13-3-4-15(19-9-1-2-10-19)12-16(13)20(17)14-5-7-18-8-6-14;/h3-4,12,14,18H,1-2,5-11H2;1H. The molecule has 3 aliphatic rings. The number of rotatable bonds is 2. The van der Waals surface area contributed by atoms with E-state index in [9.17, 15) is 4.79 Å². The van der Waals surface area contributed by atoms with E-state index in [4.69, 9.17) is 0 Å². The summed E-state index contributed by atoms with van der Waals surface area (Å²) in [5.41, 5.74) is 3.68. The average Bonchev–Trinajstić information content (AvgIpc) is 3.14. The molecule has 120 valence electrons. The van der Waals surface area contributed by atoms with Crippen molar-refractivity contribution in [3.05, 3.63) is 23.8 Å². The molecule has 1 aromatic carbocycles. The van der Waals surface area contributed by atoms with Crippen molar-refractivity contribution in [2.75, 3.05) is 36.0 Å². The molecule has 0 bridgehead atoms. The van der Waals surface area contributed by atoms with Crippen LogP contribution in [0.3, 0.4) is 0 Å². The van der Waals surface area contributed by atoms with Crippen molar-refractivity contribution in [3.63, 3.8) is 0 Å². The zero-order valence-electron chi connectivity index (χ0n) is 12.9. The van der Waals surface area contributed by atoms with Gasteiger partial charge in [-0.3, -0.25) is 4.79 Å². The fourth-order valence-corrected chi connectivity index (χ4v) is 3.95. The van der Waals surface area contributed by atoms with Gasteiger partial charge in [-0.1, -0.05) is 6.07 Å². The minimum atomic E-state index is 0. The Bertz CT molecular complexity index is 551. The number of piperidine rings is 1. The van der Waals surface area contributed by atoms with Crippen LogP contribution in [0.1, 0.15) is 31.2 Å². The maximum atomic E-state index is 12.5. The van der Waals surface area contributed by atoms with Gasteiger partial charge in [0.05, 0.1) is 6.42 Å². The summed E-state index contributed by atoms with van der Waals surface area (Å²) in [5.74, 6) is 0.287. The van der Waals surface area contributed by atoms with E-state index in [2.05, 4.69) is 33.3 Å². The minimum absolute atomic E-state index is 0. The molecule has 0 atom stereocenters. The summed E-state index contributed by atoms with van der Waals surface area (Å²) < 4.78 is 0. The van der Waals surface area contributed by atoms with Crippen LogP contribution in [0.25, 0.3) is 0 Å². The summed E-state index contributed by atoms with van der Waals surface area (Å²) in [7, 11) is 0. The van der Waals surface area contributed by atoms with E-state index < -0.39 is 0 Å². The van der Waals surface area contributed by atoms with Gasteiger partial charge in [0.25, 0.3) is 0 Å². The Morgan fingerprint density at radius 1 is 1.09 bits per heavy atom. The van der Waals surface area contributed by atoms with Gasteiger partial charge in [-0.25, -0.2) is 0 Å². The summed E-state index contributed by atoms with van der Waals surface area (Å²) in [6.07, 6.45) is 5.29. The quantitative estimate of drug-likeness (QED) is 0.908. The number of carbonyl (C=O) groups is 1. The second-order valence-electron chi connectivity index (χ2n) is 6.43. The summed E-state index contributed by atoms with van der Waals surface area (Å²) in [4.78, 5) is 17.0. The van der Waals surface area contributed by atoms with Crippen LogP contribution in [0, 0.1) is 0 Å². The lowest BCUT2D eigenvalue weighted by Gasteiger charge is -2.32. The Morgan fingerprint density at radius 2 is 1.82 bits per heavy atom. The van der Waals surface area contributed by atoms with E-state index in [1.165, 1.54) is 29.8 Å². The number of fused-ring (bicyclic) bond motifs is 1. The van der Waals surface area contributed by atoms with Gasteiger partial charge in [-0.15, -0.1) is 12.4 Å². The molecule has 3 aliphatic heterocycles.